The summed E-state index contributed by atoms with van der Waals surface area (Å²) >= 11 is 7.43. The Hall–Kier alpha value is -1.48. The Labute approximate surface area is 149 Å². The molecule has 130 valence electrons. The lowest BCUT2D eigenvalue weighted by Crippen LogP contribution is -2.26. The van der Waals surface area contributed by atoms with Crippen LogP contribution in [0.15, 0.2) is 45.9 Å². The highest BCUT2D eigenvalue weighted by atomic mass is 35.5. The summed E-state index contributed by atoms with van der Waals surface area (Å²) in [5, 5.41) is 0.134. The van der Waals surface area contributed by atoms with Crippen molar-refractivity contribution < 1.29 is 22.4 Å². The Balaban J connectivity index is 1.93. The van der Waals surface area contributed by atoms with Crippen LogP contribution < -0.4 is 4.72 Å². The number of rotatable bonds is 8. The van der Waals surface area contributed by atoms with Gasteiger partial charge in [-0.15, -0.1) is 0 Å². The number of carbonyl (C=O) groups excluding carboxylic acids is 1. The summed E-state index contributed by atoms with van der Waals surface area (Å²) in [7, 11) is -2.53. The minimum absolute atomic E-state index is 0.00855. The van der Waals surface area contributed by atoms with Crippen LogP contribution in [0.25, 0.3) is 0 Å². The fraction of sp³-hybridized carbons (Fsp3) is 0.267. The van der Waals surface area contributed by atoms with Crippen molar-refractivity contribution in [1.29, 1.82) is 0 Å². The number of hydrogen-bond donors (Lipinski definition) is 1. The van der Waals surface area contributed by atoms with E-state index in [0.29, 0.717) is 11.5 Å². The molecule has 0 bridgehead atoms. The Kier molecular flexibility index (Phi) is 6.73. The van der Waals surface area contributed by atoms with Gasteiger partial charge in [-0.2, -0.15) is 11.8 Å². The molecule has 0 spiro atoms. The van der Waals surface area contributed by atoms with Gasteiger partial charge >= 0.3 is 5.97 Å². The van der Waals surface area contributed by atoms with Gasteiger partial charge in [-0.1, -0.05) is 11.6 Å². The zero-order chi connectivity index (χ0) is 17.6. The first-order valence-electron chi connectivity index (χ1n) is 6.91. The average molecular weight is 390 g/mol. The van der Waals surface area contributed by atoms with E-state index < -0.39 is 16.0 Å². The van der Waals surface area contributed by atoms with Crippen LogP contribution >= 0.6 is 23.4 Å². The molecular weight excluding hydrogens is 374 g/mol. The zero-order valence-electron chi connectivity index (χ0n) is 12.8. The summed E-state index contributed by atoms with van der Waals surface area (Å²) in [6, 6.07) is 7.56. The number of carbonyl (C=O) groups is 1. The van der Waals surface area contributed by atoms with Crippen molar-refractivity contribution in [2.75, 3.05) is 19.4 Å². The van der Waals surface area contributed by atoms with Gasteiger partial charge in [-0.25, -0.2) is 17.9 Å². The third-order valence-electron chi connectivity index (χ3n) is 3.02. The van der Waals surface area contributed by atoms with Crippen LogP contribution in [0.5, 0.6) is 0 Å². The highest BCUT2D eigenvalue weighted by molar-refractivity contribution is 7.98. The van der Waals surface area contributed by atoms with E-state index in [2.05, 4.69) is 9.46 Å². The molecular formula is C15H16ClNO5S2. The molecule has 0 aliphatic rings. The number of benzene rings is 1. The summed E-state index contributed by atoms with van der Waals surface area (Å²) in [6.07, 6.45) is 1.60. The van der Waals surface area contributed by atoms with Gasteiger partial charge in [0.2, 0.25) is 10.0 Å². The van der Waals surface area contributed by atoms with E-state index in [4.69, 9.17) is 16.0 Å². The molecule has 24 heavy (non-hydrogen) atoms. The van der Waals surface area contributed by atoms with E-state index >= 15 is 0 Å². The Bertz CT molecular complexity index is 790. The molecule has 2 rings (SSSR count). The summed E-state index contributed by atoms with van der Waals surface area (Å²) < 4.78 is 36.8. The van der Waals surface area contributed by atoms with E-state index in [1.165, 1.54) is 25.3 Å². The second kappa shape index (κ2) is 8.57. The molecule has 1 N–H and O–H groups in total. The van der Waals surface area contributed by atoms with Crippen LogP contribution in [0, 0.1) is 0 Å². The third kappa shape index (κ3) is 5.01. The van der Waals surface area contributed by atoms with Crippen molar-refractivity contribution in [3.05, 3.63) is 52.9 Å². The zero-order valence-corrected chi connectivity index (χ0v) is 15.2. The maximum atomic E-state index is 12.3. The number of sulfonamides is 1. The standard InChI is InChI=1S/C15H16ClNO5S2/c1-21-15(18)13-9-12(4-5-14(13)16)24(19,20)17-6-8-23-10-11-3-2-7-22-11/h2-5,7,9,17H,6,8,10H2,1H3. The highest BCUT2D eigenvalue weighted by Gasteiger charge is 2.18. The van der Waals surface area contributed by atoms with E-state index in [1.54, 1.807) is 24.1 Å². The third-order valence-corrected chi connectivity index (χ3v) is 5.79. The molecule has 0 atom stereocenters. The minimum atomic E-state index is -3.73. The predicted molar refractivity (Wildman–Crippen MR) is 92.9 cm³/mol. The van der Waals surface area contributed by atoms with Crippen LogP contribution in [0.3, 0.4) is 0 Å². The van der Waals surface area contributed by atoms with Crippen molar-refractivity contribution in [2.45, 2.75) is 10.6 Å². The SMILES string of the molecule is COC(=O)c1cc(S(=O)(=O)NCCSCc2ccco2)ccc1Cl. The molecule has 0 unspecified atom stereocenters. The van der Waals surface area contributed by atoms with Crippen LogP contribution in [0.1, 0.15) is 16.1 Å². The van der Waals surface area contributed by atoms with Gasteiger partial charge < -0.3 is 9.15 Å². The fourth-order valence-corrected chi connectivity index (χ4v) is 3.97. The molecule has 0 aliphatic heterocycles. The van der Waals surface area contributed by atoms with Crippen molar-refractivity contribution in [1.82, 2.24) is 4.72 Å². The van der Waals surface area contributed by atoms with Crippen molar-refractivity contribution in [2.24, 2.45) is 0 Å². The quantitative estimate of drug-likeness (QED) is 0.552. The summed E-state index contributed by atoms with van der Waals surface area (Å²) in [4.78, 5) is 11.6. The van der Waals surface area contributed by atoms with E-state index in [9.17, 15) is 13.2 Å². The van der Waals surface area contributed by atoms with E-state index in [1.807, 2.05) is 6.07 Å². The number of hydrogen-bond acceptors (Lipinski definition) is 6. The number of nitrogens with one attached hydrogen (secondary N) is 1. The maximum Gasteiger partial charge on any atom is 0.339 e. The Morgan fingerprint density at radius 1 is 1.38 bits per heavy atom. The first-order chi connectivity index (χ1) is 11.4. The fourth-order valence-electron chi connectivity index (χ4n) is 1.84. The molecule has 0 fully saturated rings. The normalized spacial score (nSPS) is 11.4. The van der Waals surface area contributed by atoms with Gasteiger partial charge in [0.05, 0.1) is 34.6 Å². The minimum Gasteiger partial charge on any atom is -0.468 e. The molecule has 0 saturated carbocycles. The number of ether oxygens (including phenoxy) is 1. The van der Waals surface area contributed by atoms with E-state index in [0.717, 1.165) is 5.76 Å². The van der Waals surface area contributed by atoms with Gasteiger partial charge in [0.25, 0.3) is 0 Å². The molecule has 9 heteroatoms. The average Bonchev–Trinajstić information content (AvgIpc) is 3.07. The largest absolute Gasteiger partial charge is 0.468 e. The van der Waals surface area contributed by atoms with Gasteiger partial charge in [0.1, 0.15) is 5.76 Å². The lowest BCUT2D eigenvalue weighted by atomic mass is 10.2. The highest BCUT2D eigenvalue weighted by Crippen LogP contribution is 2.21. The van der Waals surface area contributed by atoms with E-state index in [-0.39, 0.29) is 22.0 Å². The van der Waals surface area contributed by atoms with Gasteiger partial charge in [0.15, 0.2) is 0 Å². The second-order valence-electron chi connectivity index (χ2n) is 4.66. The molecule has 1 aromatic heterocycles. The Morgan fingerprint density at radius 3 is 2.83 bits per heavy atom. The van der Waals surface area contributed by atoms with Crippen molar-refractivity contribution in [3.63, 3.8) is 0 Å². The van der Waals surface area contributed by atoms with Gasteiger partial charge in [-0.05, 0) is 30.3 Å². The number of halogens is 1. The van der Waals surface area contributed by atoms with Crippen LogP contribution in [0.4, 0.5) is 0 Å². The summed E-state index contributed by atoms with van der Waals surface area (Å²) in [5.74, 6) is 1.40. The van der Waals surface area contributed by atoms with Gasteiger partial charge in [-0.3, -0.25) is 0 Å². The smallest absolute Gasteiger partial charge is 0.339 e. The lowest BCUT2D eigenvalue weighted by molar-refractivity contribution is 0.0600. The molecule has 2 aromatic rings. The van der Waals surface area contributed by atoms with Crippen molar-refractivity contribution in [3.8, 4) is 0 Å². The molecule has 0 amide bonds. The molecule has 1 aromatic carbocycles. The predicted octanol–water partition coefficient (Wildman–Crippen LogP) is 2.93. The lowest BCUT2D eigenvalue weighted by Gasteiger charge is -2.09. The number of thioether (sulfide) groups is 1. The van der Waals surface area contributed by atoms with Crippen LogP contribution in [-0.2, 0) is 20.5 Å². The second-order valence-corrected chi connectivity index (χ2v) is 7.94. The summed E-state index contributed by atoms with van der Waals surface area (Å²) in [5.41, 5.74) is 0.00855. The molecule has 0 radical (unpaired) electrons. The van der Waals surface area contributed by atoms with Gasteiger partial charge in [0, 0.05) is 12.3 Å². The number of methoxy groups -OCH3 is 1. The number of furan rings is 1. The topological polar surface area (TPSA) is 85.6 Å². The number of esters is 1. The monoisotopic (exact) mass is 389 g/mol. The maximum absolute atomic E-state index is 12.3. The first kappa shape index (κ1) is 18.9. The molecule has 1 heterocycles. The van der Waals surface area contributed by atoms with Crippen LogP contribution in [-0.4, -0.2) is 33.8 Å². The first-order valence-corrected chi connectivity index (χ1v) is 9.93. The molecule has 6 nitrogen and oxygen atoms in total. The summed E-state index contributed by atoms with van der Waals surface area (Å²) in [6.45, 7) is 0.254. The van der Waals surface area contributed by atoms with Crippen LogP contribution in [0.2, 0.25) is 5.02 Å². The van der Waals surface area contributed by atoms with Crippen molar-refractivity contribution >= 4 is 39.4 Å². The molecule has 0 aliphatic carbocycles. The Morgan fingerprint density at radius 2 is 2.17 bits per heavy atom. The molecule has 0 saturated heterocycles.